The third-order valence-electron chi connectivity index (χ3n) is 2.00. The monoisotopic (exact) mass is 199 g/mol. The first-order valence-corrected chi connectivity index (χ1v) is 5.73. The van der Waals surface area contributed by atoms with Crippen molar-refractivity contribution in [1.82, 2.24) is 15.5 Å². The molecule has 0 aliphatic carbocycles. The third kappa shape index (κ3) is 3.83. The Labute approximate surface area is 83.6 Å². The molecule has 4 heteroatoms. The van der Waals surface area contributed by atoms with Crippen molar-refractivity contribution >= 4 is 11.3 Å². The fourth-order valence-electron chi connectivity index (χ4n) is 1.20. The summed E-state index contributed by atoms with van der Waals surface area (Å²) >= 11 is 1.64. The predicted octanol–water partition coefficient (Wildman–Crippen LogP) is 1.86. The average molecular weight is 199 g/mol. The normalized spacial score (nSPS) is 13.1. The molecule has 1 atom stereocenters. The molecule has 0 fully saturated rings. The van der Waals surface area contributed by atoms with Gasteiger partial charge >= 0.3 is 0 Å². The third-order valence-corrected chi connectivity index (χ3v) is 2.72. The second-order valence-corrected chi connectivity index (χ2v) is 4.01. The van der Waals surface area contributed by atoms with Gasteiger partial charge in [0.2, 0.25) is 0 Å². The molecule has 0 spiro atoms. The molecule has 0 aliphatic heterocycles. The van der Waals surface area contributed by atoms with Crippen LogP contribution in [0.1, 0.15) is 31.7 Å². The molecule has 1 aromatic heterocycles. The minimum Gasteiger partial charge on any atom is -0.314 e. The number of aromatic nitrogens is 2. The van der Waals surface area contributed by atoms with Gasteiger partial charge < -0.3 is 5.32 Å². The molecule has 0 aliphatic rings. The van der Waals surface area contributed by atoms with Gasteiger partial charge in [0, 0.05) is 12.5 Å². The topological polar surface area (TPSA) is 37.8 Å². The van der Waals surface area contributed by atoms with Gasteiger partial charge in [0.15, 0.2) is 0 Å². The van der Waals surface area contributed by atoms with Gasteiger partial charge in [0.05, 0.1) is 0 Å². The lowest BCUT2D eigenvalue weighted by molar-refractivity contribution is 0.493. The van der Waals surface area contributed by atoms with Crippen LogP contribution in [0.15, 0.2) is 5.51 Å². The first-order valence-electron chi connectivity index (χ1n) is 4.85. The summed E-state index contributed by atoms with van der Waals surface area (Å²) in [6.07, 6.45) is 3.35. The van der Waals surface area contributed by atoms with Crippen LogP contribution in [0.5, 0.6) is 0 Å². The van der Waals surface area contributed by atoms with Gasteiger partial charge in [0.25, 0.3) is 0 Å². The van der Waals surface area contributed by atoms with E-state index in [-0.39, 0.29) is 0 Å². The molecular formula is C9H17N3S. The molecule has 0 saturated heterocycles. The van der Waals surface area contributed by atoms with Gasteiger partial charge in [-0.05, 0) is 19.4 Å². The predicted molar refractivity (Wildman–Crippen MR) is 56.0 cm³/mol. The van der Waals surface area contributed by atoms with E-state index in [1.165, 1.54) is 6.42 Å². The van der Waals surface area contributed by atoms with Gasteiger partial charge in [-0.15, -0.1) is 21.5 Å². The van der Waals surface area contributed by atoms with E-state index in [0.29, 0.717) is 6.04 Å². The van der Waals surface area contributed by atoms with Gasteiger partial charge in [-0.3, -0.25) is 0 Å². The van der Waals surface area contributed by atoms with Crippen molar-refractivity contribution in [1.29, 1.82) is 0 Å². The van der Waals surface area contributed by atoms with E-state index in [9.17, 15) is 0 Å². The molecule has 1 aromatic rings. The molecule has 0 bridgehead atoms. The van der Waals surface area contributed by atoms with Gasteiger partial charge in [-0.1, -0.05) is 13.8 Å². The van der Waals surface area contributed by atoms with Crippen LogP contribution < -0.4 is 5.32 Å². The van der Waals surface area contributed by atoms with Crippen LogP contribution in [0.25, 0.3) is 0 Å². The molecule has 1 N–H and O–H groups in total. The quantitative estimate of drug-likeness (QED) is 0.760. The number of nitrogens with one attached hydrogen (secondary N) is 1. The lowest BCUT2D eigenvalue weighted by Crippen LogP contribution is -2.31. The molecule has 3 nitrogen and oxygen atoms in total. The molecule has 1 heterocycles. The molecule has 1 unspecified atom stereocenters. The number of rotatable bonds is 6. The van der Waals surface area contributed by atoms with Gasteiger partial charge in [-0.25, -0.2) is 0 Å². The summed E-state index contributed by atoms with van der Waals surface area (Å²) in [6.45, 7) is 5.48. The summed E-state index contributed by atoms with van der Waals surface area (Å²) < 4.78 is 0. The van der Waals surface area contributed by atoms with Crippen LogP contribution in [0.3, 0.4) is 0 Å². The smallest absolute Gasteiger partial charge is 0.118 e. The van der Waals surface area contributed by atoms with E-state index in [1.807, 2.05) is 0 Å². The Kier molecular flexibility index (Phi) is 4.93. The van der Waals surface area contributed by atoms with E-state index < -0.39 is 0 Å². The molecular weight excluding hydrogens is 182 g/mol. The Morgan fingerprint density at radius 2 is 2.38 bits per heavy atom. The molecule has 0 amide bonds. The Balaban J connectivity index is 2.31. The largest absolute Gasteiger partial charge is 0.314 e. The SMILES string of the molecule is CCCNC(CC)Cc1nncs1. The highest BCUT2D eigenvalue weighted by Gasteiger charge is 2.07. The zero-order chi connectivity index (χ0) is 9.52. The Hall–Kier alpha value is -0.480. The minimum absolute atomic E-state index is 0.563. The van der Waals surface area contributed by atoms with Crippen LogP contribution in [0.2, 0.25) is 0 Å². The van der Waals surface area contributed by atoms with Crippen molar-refractivity contribution in [2.45, 2.75) is 39.2 Å². The van der Waals surface area contributed by atoms with Crippen LogP contribution in [-0.2, 0) is 6.42 Å². The molecule has 0 saturated carbocycles. The zero-order valence-electron chi connectivity index (χ0n) is 8.29. The van der Waals surface area contributed by atoms with Crippen molar-refractivity contribution in [3.63, 3.8) is 0 Å². The molecule has 13 heavy (non-hydrogen) atoms. The number of hydrogen-bond acceptors (Lipinski definition) is 4. The average Bonchev–Trinajstić information content (AvgIpc) is 2.64. The fraction of sp³-hybridized carbons (Fsp3) is 0.778. The van der Waals surface area contributed by atoms with Crippen molar-refractivity contribution < 1.29 is 0 Å². The zero-order valence-corrected chi connectivity index (χ0v) is 9.10. The standard InChI is InChI=1S/C9H17N3S/c1-3-5-10-8(4-2)6-9-12-11-7-13-9/h7-8,10H,3-6H2,1-2H3. The van der Waals surface area contributed by atoms with E-state index in [0.717, 1.165) is 24.4 Å². The first kappa shape index (κ1) is 10.6. The van der Waals surface area contributed by atoms with E-state index >= 15 is 0 Å². The molecule has 0 radical (unpaired) electrons. The van der Waals surface area contributed by atoms with Crippen LogP contribution in [0.4, 0.5) is 0 Å². The highest BCUT2D eigenvalue weighted by Crippen LogP contribution is 2.07. The number of nitrogens with zero attached hydrogens (tertiary/aromatic N) is 2. The van der Waals surface area contributed by atoms with Crippen LogP contribution >= 0.6 is 11.3 Å². The summed E-state index contributed by atoms with van der Waals surface area (Å²) in [4.78, 5) is 0. The molecule has 0 aromatic carbocycles. The van der Waals surface area contributed by atoms with Gasteiger partial charge in [0.1, 0.15) is 10.5 Å². The Morgan fingerprint density at radius 3 is 2.92 bits per heavy atom. The van der Waals surface area contributed by atoms with E-state index in [2.05, 4.69) is 29.4 Å². The Bertz CT molecular complexity index is 211. The maximum atomic E-state index is 4.04. The second kappa shape index (κ2) is 6.05. The summed E-state index contributed by atoms with van der Waals surface area (Å²) in [5.74, 6) is 0. The highest BCUT2D eigenvalue weighted by atomic mass is 32.1. The van der Waals surface area contributed by atoms with Crippen molar-refractivity contribution in [2.24, 2.45) is 0 Å². The summed E-state index contributed by atoms with van der Waals surface area (Å²) in [5, 5.41) is 12.5. The summed E-state index contributed by atoms with van der Waals surface area (Å²) in [5.41, 5.74) is 1.79. The second-order valence-electron chi connectivity index (χ2n) is 3.10. The lowest BCUT2D eigenvalue weighted by Gasteiger charge is -2.14. The van der Waals surface area contributed by atoms with E-state index in [4.69, 9.17) is 0 Å². The van der Waals surface area contributed by atoms with Crippen molar-refractivity contribution in [3.05, 3.63) is 10.5 Å². The Morgan fingerprint density at radius 1 is 1.54 bits per heavy atom. The van der Waals surface area contributed by atoms with Crippen molar-refractivity contribution in [2.75, 3.05) is 6.54 Å². The minimum atomic E-state index is 0.563. The van der Waals surface area contributed by atoms with Gasteiger partial charge in [-0.2, -0.15) is 0 Å². The summed E-state index contributed by atoms with van der Waals surface area (Å²) in [6, 6.07) is 0.563. The van der Waals surface area contributed by atoms with E-state index in [1.54, 1.807) is 16.8 Å². The lowest BCUT2D eigenvalue weighted by atomic mass is 10.1. The maximum absolute atomic E-state index is 4.04. The van der Waals surface area contributed by atoms with Crippen molar-refractivity contribution in [3.8, 4) is 0 Å². The summed E-state index contributed by atoms with van der Waals surface area (Å²) in [7, 11) is 0. The first-order chi connectivity index (χ1) is 6.36. The van der Waals surface area contributed by atoms with Crippen LogP contribution in [0, 0.1) is 0 Å². The molecule has 1 rings (SSSR count). The fourth-order valence-corrected chi connectivity index (χ4v) is 1.81. The molecule has 74 valence electrons. The number of hydrogen-bond donors (Lipinski definition) is 1. The van der Waals surface area contributed by atoms with Crippen LogP contribution in [-0.4, -0.2) is 22.8 Å². The highest BCUT2D eigenvalue weighted by molar-refractivity contribution is 7.09. The maximum Gasteiger partial charge on any atom is 0.118 e.